The van der Waals surface area contributed by atoms with Gasteiger partial charge in [0.1, 0.15) is 5.75 Å². The first-order valence-corrected chi connectivity index (χ1v) is 7.37. The number of benzene rings is 1. The second kappa shape index (κ2) is 8.95. The largest absolute Gasteiger partial charge is 0.496 e. The molecule has 0 heterocycles. The average Bonchev–Trinajstić information content (AvgIpc) is 2.45. The maximum absolute atomic E-state index is 5.83. The van der Waals surface area contributed by atoms with Crippen LogP contribution in [0.4, 0.5) is 0 Å². The van der Waals surface area contributed by atoms with E-state index in [2.05, 4.69) is 31.4 Å². The fourth-order valence-electron chi connectivity index (χ4n) is 2.50. The highest BCUT2D eigenvalue weighted by Crippen LogP contribution is 2.23. The van der Waals surface area contributed by atoms with Crippen molar-refractivity contribution >= 4 is 0 Å². The molecule has 1 aromatic rings. The summed E-state index contributed by atoms with van der Waals surface area (Å²) in [5.41, 5.74) is 5.30. The van der Waals surface area contributed by atoms with Crippen molar-refractivity contribution < 1.29 is 9.47 Å². The van der Waals surface area contributed by atoms with Crippen molar-refractivity contribution in [2.45, 2.75) is 52.2 Å². The van der Waals surface area contributed by atoms with Gasteiger partial charge in [0.25, 0.3) is 0 Å². The van der Waals surface area contributed by atoms with Crippen LogP contribution < -0.4 is 16.0 Å². The molecule has 0 aliphatic heterocycles. The number of aryl methyl sites for hydroxylation is 1. The van der Waals surface area contributed by atoms with Gasteiger partial charge < -0.3 is 9.47 Å². The summed E-state index contributed by atoms with van der Waals surface area (Å²) in [6, 6.07) is 6.30. The predicted octanol–water partition coefficient (Wildman–Crippen LogP) is 2.58. The molecule has 4 heteroatoms. The van der Waals surface area contributed by atoms with Gasteiger partial charge in [-0.1, -0.05) is 31.0 Å². The van der Waals surface area contributed by atoms with Crippen LogP contribution in [-0.4, -0.2) is 25.9 Å². The molecule has 1 aromatic carbocycles. The zero-order chi connectivity index (χ0) is 15.0. The number of rotatable bonds is 9. The van der Waals surface area contributed by atoms with Crippen LogP contribution in [0.2, 0.25) is 0 Å². The SMILES string of the molecule is CCCC(OCC)C(Cc1cc(C)ccc1OC)NN. The quantitative estimate of drug-likeness (QED) is 0.539. The molecule has 2 unspecified atom stereocenters. The highest BCUT2D eigenvalue weighted by Gasteiger charge is 2.21. The van der Waals surface area contributed by atoms with Gasteiger partial charge in [0.05, 0.1) is 19.3 Å². The first-order chi connectivity index (χ1) is 9.65. The van der Waals surface area contributed by atoms with Crippen molar-refractivity contribution in [1.29, 1.82) is 0 Å². The minimum atomic E-state index is 0.0885. The van der Waals surface area contributed by atoms with E-state index in [1.165, 1.54) is 5.56 Å². The fraction of sp³-hybridized carbons (Fsp3) is 0.625. The first kappa shape index (κ1) is 17.0. The standard InChI is InChI=1S/C16H28N2O2/c1-5-7-16(20-6-2)14(18-17)11-13-10-12(3)8-9-15(13)19-4/h8-10,14,16,18H,5-7,11,17H2,1-4H3. The third-order valence-corrected chi connectivity index (χ3v) is 3.49. The summed E-state index contributed by atoms with van der Waals surface area (Å²) in [5.74, 6) is 6.65. The Hall–Kier alpha value is -1.10. The van der Waals surface area contributed by atoms with Crippen molar-refractivity contribution in [3.8, 4) is 5.75 Å². The molecular formula is C16H28N2O2. The van der Waals surface area contributed by atoms with E-state index in [0.29, 0.717) is 6.61 Å². The average molecular weight is 280 g/mol. The lowest BCUT2D eigenvalue weighted by Crippen LogP contribution is -2.46. The maximum atomic E-state index is 5.83. The number of hydrogen-bond acceptors (Lipinski definition) is 4. The van der Waals surface area contributed by atoms with E-state index in [9.17, 15) is 0 Å². The number of nitrogens with two attached hydrogens (primary N) is 1. The Morgan fingerprint density at radius 1 is 1.30 bits per heavy atom. The minimum Gasteiger partial charge on any atom is -0.496 e. The zero-order valence-electron chi connectivity index (χ0n) is 13.1. The van der Waals surface area contributed by atoms with E-state index in [0.717, 1.165) is 30.6 Å². The van der Waals surface area contributed by atoms with Crippen LogP contribution in [0, 0.1) is 6.92 Å². The van der Waals surface area contributed by atoms with Crippen molar-refractivity contribution in [3.63, 3.8) is 0 Å². The van der Waals surface area contributed by atoms with Gasteiger partial charge >= 0.3 is 0 Å². The molecule has 0 fully saturated rings. The van der Waals surface area contributed by atoms with E-state index < -0.39 is 0 Å². The molecule has 0 spiro atoms. The van der Waals surface area contributed by atoms with Crippen molar-refractivity contribution in [2.75, 3.05) is 13.7 Å². The van der Waals surface area contributed by atoms with Gasteiger partial charge in [-0.25, -0.2) is 0 Å². The summed E-state index contributed by atoms with van der Waals surface area (Å²) in [7, 11) is 1.70. The smallest absolute Gasteiger partial charge is 0.122 e. The Labute approximate surface area is 122 Å². The van der Waals surface area contributed by atoms with Gasteiger partial charge in [0.2, 0.25) is 0 Å². The first-order valence-electron chi connectivity index (χ1n) is 7.37. The van der Waals surface area contributed by atoms with Crippen LogP contribution in [-0.2, 0) is 11.2 Å². The topological polar surface area (TPSA) is 56.5 Å². The van der Waals surface area contributed by atoms with E-state index in [1.807, 2.05) is 13.0 Å². The lowest BCUT2D eigenvalue weighted by atomic mass is 9.97. The number of ether oxygens (including phenoxy) is 2. The lowest BCUT2D eigenvalue weighted by molar-refractivity contribution is 0.0280. The molecule has 0 saturated carbocycles. The van der Waals surface area contributed by atoms with Crippen molar-refractivity contribution in [1.82, 2.24) is 5.43 Å². The molecule has 4 nitrogen and oxygen atoms in total. The molecule has 0 bridgehead atoms. The van der Waals surface area contributed by atoms with Gasteiger partial charge in [-0.05, 0) is 38.3 Å². The van der Waals surface area contributed by atoms with Crippen LogP contribution in [0.15, 0.2) is 18.2 Å². The van der Waals surface area contributed by atoms with Gasteiger partial charge in [-0.15, -0.1) is 0 Å². The Balaban J connectivity index is 2.88. The highest BCUT2D eigenvalue weighted by molar-refractivity contribution is 5.37. The van der Waals surface area contributed by atoms with Crippen LogP contribution in [0.25, 0.3) is 0 Å². The Morgan fingerprint density at radius 3 is 2.60 bits per heavy atom. The van der Waals surface area contributed by atoms with Crippen LogP contribution in [0.5, 0.6) is 5.75 Å². The number of hydrogen-bond donors (Lipinski definition) is 2. The van der Waals surface area contributed by atoms with Crippen molar-refractivity contribution in [3.05, 3.63) is 29.3 Å². The molecule has 0 radical (unpaired) electrons. The second-order valence-corrected chi connectivity index (χ2v) is 5.08. The van der Waals surface area contributed by atoms with Gasteiger partial charge in [0.15, 0.2) is 0 Å². The summed E-state index contributed by atoms with van der Waals surface area (Å²) < 4.78 is 11.3. The number of nitrogens with one attached hydrogen (secondary N) is 1. The Kier molecular flexibility index (Phi) is 7.59. The summed E-state index contributed by atoms with van der Waals surface area (Å²) in [5, 5.41) is 0. The predicted molar refractivity (Wildman–Crippen MR) is 82.9 cm³/mol. The summed E-state index contributed by atoms with van der Waals surface area (Å²) in [4.78, 5) is 0. The second-order valence-electron chi connectivity index (χ2n) is 5.08. The summed E-state index contributed by atoms with van der Waals surface area (Å²) >= 11 is 0. The molecule has 114 valence electrons. The van der Waals surface area contributed by atoms with E-state index >= 15 is 0 Å². The van der Waals surface area contributed by atoms with Crippen LogP contribution >= 0.6 is 0 Å². The molecular weight excluding hydrogens is 252 g/mol. The monoisotopic (exact) mass is 280 g/mol. The Bertz CT molecular complexity index is 390. The van der Waals surface area contributed by atoms with Crippen LogP contribution in [0.1, 0.15) is 37.8 Å². The third kappa shape index (κ3) is 4.78. The maximum Gasteiger partial charge on any atom is 0.122 e. The summed E-state index contributed by atoms with van der Waals surface area (Å²) in [6.45, 7) is 6.96. The normalized spacial score (nSPS) is 14.1. The van der Waals surface area contributed by atoms with Crippen molar-refractivity contribution in [2.24, 2.45) is 5.84 Å². The molecule has 0 aliphatic carbocycles. The van der Waals surface area contributed by atoms with Gasteiger partial charge in [0, 0.05) is 6.61 Å². The van der Waals surface area contributed by atoms with Gasteiger partial charge in [-0.2, -0.15) is 0 Å². The molecule has 0 amide bonds. The third-order valence-electron chi connectivity index (χ3n) is 3.49. The number of methoxy groups -OCH3 is 1. The number of hydrazine groups is 1. The van der Waals surface area contributed by atoms with E-state index in [4.69, 9.17) is 15.3 Å². The zero-order valence-corrected chi connectivity index (χ0v) is 13.1. The highest BCUT2D eigenvalue weighted by atomic mass is 16.5. The summed E-state index contributed by atoms with van der Waals surface area (Å²) in [6.07, 6.45) is 3.00. The molecule has 0 aliphatic rings. The van der Waals surface area contributed by atoms with Crippen LogP contribution in [0.3, 0.4) is 0 Å². The molecule has 1 rings (SSSR count). The van der Waals surface area contributed by atoms with E-state index in [1.54, 1.807) is 7.11 Å². The minimum absolute atomic E-state index is 0.0885. The molecule has 20 heavy (non-hydrogen) atoms. The fourth-order valence-corrected chi connectivity index (χ4v) is 2.50. The molecule has 2 atom stereocenters. The Morgan fingerprint density at radius 2 is 2.05 bits per heavy atom. The molecule has 0 aromatic heterocycles. The lowest BCUT2D eigenvalue weighted by Gasteiger charge is -2.27. The molecule has 0 saturated heterocycles. The molecule has 3 N–H and O–H groups in total. The van der Waals surface area contributed by atoms with Gasteiger partial charge in [-0.3, -0.25) is 11.3 Å². The van der Waals surface area contributed by atoms with E-state index in [-0.39, 0.29) is 12.1 Å².